The number of aryl methyl sites for hydroxylation is 1. The Labute approximate surface area is 163 Å². The minimum Gasteiger partial charge on any atom is -0.327 e. The van der Waals surface area contributed by atoms with Crippen LogP contribution in [0.2, 0.25) is 0 Å². The third-order valence-electron chi connectivity index (χ3n) is 5.89. The van der Waals surface area contributed by atoms with Crippen molar-refractivity contribution in [2.45, 2.75) is 63.6 Å². The van der Waals surface area contributed by atoms with E-state index < -0.39 is 10.0 Å². The van der Waals surface area contributed by atoms with Gasteiger partial charge in [-0.1, -0.05) is 6.92 Å². The molecule has 3 rings (SSSR count). The van der Waals surface area contributed by atoms with E-state index in [1.165, 1.54) is 30.0 Å². The van der Waals surface area contributed by atoms with Crippen LogP contribution in [0.25, 0.3) is 11.0 Å². The Morgan fingerprint density at radius 2 is 1.81 bits per heavy atom. The molecular formula is C20H32N4O2S. The van der Waals surface area contributed by atoms with E-state index in [1.807, 2.05) is 6.07 Å². The molecule has 7 heteroatoms. The third kappa shape index (κ3) is 4.05. The van der Waals surface area contributed by atoms with Crippen molar-refractivity contribution in [1.82, 2.24) is 18.8 Å². The molecule has 0 unspecified atom stereocenters. The molecule has 2 aromatic rings. The number of hydrogen-bond donors (Lipinski definition) is 0. The van der Waals surface area contributed by atoms with Crippen LogP contribution >= 0.6 is 0 Å². The molecule has 1 aromatic heterocycles. The van der Waals surface area contributed by atoms with E-state index in [4.69, 9.17) is 4.98 Å². The summed E-state index contributed by atoms with van der Waals surface area (Å²) in [6, 6.07) is 5.87. The van der Waals surface area contributed by atoms with Gasteiger partial charge in [-0.15, -0.1) is 0 Å². The zero-order valence-electron chi connectivity index (χ0n) is 17.1. The molecule has 0 bridgehead atoms. The molecule has 150 valence electrons. The van der Waals surface area contributed by atoms with Gasteiger partial charge in [0.05, 0.1) is 22.5 Å². The van der Waals surface area contributed by atoms with Crippen molar-refractivity contribution in [3.8, 4) is 0 Å². The summed E-state index contributed by atoms with van der Waals surface area (Å²) >= 11 is 0. The molecule has 0 N–H and O–H groups in total. The van der Waals surface area contributed by atoms with Gasteiger partial charge < -0.3 is 4.57 Å². The largest absolute Gasteiger partial charge is 0.327 e. The number of benzene rings is 1. The van der Waals surface area contributed by atoms with Crippen molar-refractivity contribution in [2.75, 3.05) is 21.1 Å². The molecule has 1 heterocycles. The third-order valence-corrected chi connectivity index (χ3v) is 7.70. The SMILES string of the molecule is CCn1c(CN(C)C2CCC(C)CC2)nc2cc(S(=O)(=O)N(C)C)ccc21. The van der Waals surface area contributed by atoms with Crippen LogP contribution in [0.1, 0.15) is 45.4 Å². The fraction of sp³-hybridized carbons (Fsp3) is 0.650. The molecule has 1 fully saturated rings. The number of nitrogens with zero attached hydrogens (tertiary/aromatic N) is 4. The second kappa shape index (κ2) is 7.89. The van der Waals surface area contributed by atoms with Crippen molar-refractivity contribution >= 4 is 21.1 Å². The highest BCUT2D eigenvalue weighted by Gasteiger charge is 2.24. The number of aromatic nitrogens is 2. The smallest absolute Gasteiger partial charge is 0.242 e. The lowest BCUT2D eigenvalue weighted by Crippen LogP contribution is -2.35. The van der Waals surface area contributed by atoms with E-state index in [0.717, 1.165) is 35.9 Å². The average molecular weight is 393 g/mol. The molecule has 0 atom stereocenters. The second-order valence-electron chi connectivity index (χ2n) is 8.04. The molecule has 27 heavy (non-hydrogen) atoms. The second-order valence-corrected chi connectivity index (χ2v) is 10.2. The number of fused-ring (bicyclic) bond motifs is 1. The highest BCUT2D eigenvalue weighted by molar-refractivity contribution is 7.89. The maximum Gasteiger partial charge on any atom is 0.242 e. The summed E-state index contributed by atoms with van der Waals surface area (Å²) in [5.41, 5.74) is 1.75. The molecule has 0 amide bonds. The predicted octanol–water partition coefficient (Wildman–Crippen LogP) is 3.32. The first-order valence-corrected chi connectivity index (χ1v) is 11.3. The van der Waals surface area contributed by atoms with Gasteiger partial charge in [-0.2, -0.15) is 0 Å². The first-order chi connectivity index (χ1) is 12.7. The lowest BCUT2D eigenvalue weighted by molar-refractivity contribution is 0.159. The lowest BCUT2D eigenvalue weighted by Gasteiger charge is -2.33. The van der Waals surface area contributed by atoms with Gasteiger partial charge in [0.15, 0.2) is 0 Å². The van der Waals surface area contributed by atoms with Gasteiger partial charge in [0.1, 0.15) is 5.82 Å². The van der Waals surface area contributed by atoms with Crippen molar-refractivity contribution < 1.29 is 8.42 Å². The maximum atomic E-state index is 12.4. The van der Waals surface area contributed by atoms with Gasteiger partial charge in [-0.3, -0.25) is 4.90 Å². The summed E-state index contributed by atoms with van der Waals surface area (Å²) < 4.78 is 28.3. The van der Waals surface area contributed by atoms with Crippen molar-refractivity contribution in [3.05, 3.63) is 24.0 Å². The van der Waals surface area contributed by atoms with Crippen LogP contribution in [0.5, 0.6) is 0 Å². The fourth-order valence-corrected chi connectivity index (χ4v) is 4.96. The first kappa shape index (κ1) is 20.3. The molecule has 0 radical (unpaired) electrons. The van der Waals surface area contributed by atoms with Crippen LogP contribution in [0.15, 0.2) is 23.1 Å². The quantitative estimate of drug-likeness (QED) is 0.757. The summed E-state index contributed by atoms with van der Waals surface area (Å²) in [6.45, 7) is 6.06. The van der Waals surface area contributed by atoms with E-state index in [-0.39, 0.29) is 0 Å². The molecule has 1 aromatic carbocycles. The van der Waals surface area contributed by atoms with Gasteiger partial charge in [0.2, 0.25) is 10.0 Å². The molecule has 0 spiro atoms. The Morgan fingerprint density at radius 3 is 2.41 bits per heavy atom. The van der Waals surface area contributed by atoms with Crippen molar-refractivity contribution in [3.63, 3.8) is 0 Å². The number of imidazole rings is 1. The van der Waals surface area contributed by atoms with Crippen molar-refractivity contribution in [1.29, 1.82) is 0 Å². The van der Waals surface area contributed by atoms with Crippen LogP contribution in [-0.2, 0) is 23.1 Å². The molecule has 1 saturated carbocycles. The van der Waals surface area contributed by atoms with Crippen LogP contribution in [0.4, 0.5) is 0 Å². The average Bonchev–Trinajstić information content (AvgIpc) is 2.98. The summed E-state index contributed by atoms with van der Waals surface area (Å²) in [4.78, 5) is 7.51. The number of sulfonamides is 1. The van der Waals surface area contributed by atoms with Gasteiger partial charge in [0, 0.05) is 26.7 Å². The van der Waals surface area contributed by atoms with Gasteiger partial charge >= 0.3 is 0 Å². The minimum atomic E-state index is -3.45. The van der Waals surface area contributed by atoms with E-state index in [1.54, 1.807) is 26.2 Å². The van der Waals surface area contributed by atoms with Crippen LogP contribution in [-0.4, -0.2) is 54.4 Å². The lowest BCUT2D eigenvalue weighted by atomic mass is 9.87. The number of rotatable bonds is 6. The Morgan fingerprint density at radius 1 is 1.15 bits per heavy atom. The highest BCUT2D eigenvalue weighted by Crippen LogP contribution is 2.28. The van der Waals surface area contributed by atoms with Gasteiger partial charge in [0.25, 0.3) is 0 Å². The molecular weight excluding hydrogens is 360 g/mol. The van der Waals surface area contributed by atoms with Crippen LogP contribution < -0.4 is 0 Å². The van der Waals surface area contributed by atoms with Gasteiger partial charge in [-0.25, -0.2) is 17.7 Å². The zero-order chi connectivity index (χ0) is 19.8. The number of hydrogen-bond acceptors (Lipinski definition) is 4. The summed E-state index contributed by atoms with van der Waals surface area (Å²) in [5, 5.41) is 0. The Bertz CT molecular complexity index is 896. The van der Waals surface area contributed by atoms with Crippen LogP contribution in [0, 0.1) is 5.92 Å². The molecule has 6 nitrogen and oxygen atoms in total. The van der Waals surface area contributed by atoms with Gasteiger partial charge in [-0.05, 0) is 63.8 Å². The van der Waals surface area contributed by atoms with E-state index in [9.17, 15) is 8.42 Å². The Hall–Kier alpha value is -1.44. The first-order valence-electron chi connectivity index (χ1n) is 9.86. The zero-order valence-corrected chi connectivity index (χ0v) is 18.0. The van der Waals surface area contributed by atoms with Crippen molar-refractivity contribution in [2.24, 2.45) is 5.92 Å². The van der Waals surface area contributed by atoms with E-state index in [0.29, 0.717) is 10.9 Å². The molecule has 0 saturated heterocycles. The normalized spacial score (nSPS) is 21.4. The summed E-state index contributed by atoms with van der Waals surface area (Å²) in [6.07, 6.45) is 5.08. The topological polar surface area (TPSA) is 58.4 Å². The van der Waals surface area contributed by atoms with E-state index >= 15 is 0 Å². The van der Waals surface area contributed by atoms with Crippen LogP contribution in [0.3, 0.4) is 0 Å². The van der Waals surface area contributed by atoms with E-state index in [2.05, 4.69) is 30.4 Å². The Kier molecular flexibility index (Phi) is 5.93. The molecule has 1 aliphatic rings. The molecule has 0 aliphatic heterocycles. The fourth-order valence-electron chi connectivity index (χ4n) is 4.04. The maximum absolute atomic E-state index is 12.4. The summed E-state index contributed by atoms with van der Waals surface area (Å²) in [7, 11) is 1.83. The highest BCUT2D eigenvalue weighted by atomic mass is 32.2. The standard InChI is InChI=1S/C20H32N4O2S/c1-6-24-19-12-11-17(27(25,26)22(3)4)13-18(19)21-20(24)14-23(5)16-9-7-15(2)8-10-16/h11-13,15-16H,6-10,14H2,1-5H3. The Balaban J connectivity index is 1.89. The predicted molar refractivity (Wildman–Crippen MR) is 109 cm³/mol. The molecule has 1 aliphatic carbocycles. The summed E-state index contributed by atoms with van der Waals surface area (Å²) in [5.74, 6) is 1.85. The minimum absolute atomic E-state index is 0.293. The monoisotopic (exact) mass is 392 g/mol.